The lowest BCUT2D eigenvalue weighted by Crippen LogP contribution is -2.40. The third kappa shape index (κ3) is 4.97. The number of benzene rings is 3. The van der Waals surface area contributed by atoms with Crippen molar-refractivity contribution in [2.45, 2.75) is 37.8 Å². The summed E-state index contributed by atoms with van der Waals surface area (Å²) < 4.78 is 44.6. The predicted octanol–water partition coefficient (Wildman–Crippen LogP) is 5.71. The van der Waals surface area contributed by atoms with Crippen molar-refractivity contribution in [2.24, 2.45) is 0 Å². The minimum absolute atomic E-state index is 0.179. The molecule has 6 heteroatoms. The second-order valence-electron chi connectivity index (χ2n) is 7.60. The highest BCUT2D eigenvalue weighted by atomic mass is 19.4. The number of halogens is 3. The average Bonchev–Trinajstić information content (AvgIpc) is 2.78. The van der Waals surface area contributed by atoms with Crippen LogP contribution in [-0.2, 0) is 23.9 Å². The normalized spacial score (nSPS) is 18.3. The molecule has 0 bridgehead atoms. The maximum absolute atomic E-state index is 12.9. The average molecular weight is 425 g/mol. The number of ether oxygens (including phenoxy) is 1. The number of hydrogen-bond donors (Lipinski definition) is 1. The van der Waals surface area contributed by atoms with Gasteiger partial charge in [0.05, 0.1) is 24.3 Å². The second-order valence-corrected chi connectivity index (χ2v) is 7.60. The second kappa shape index (κ2) is 8.94. The van der Waals surface area contributed by atoms with Gasteiger partial charge in [0, 0.05) is 5.56 Å². The minimum Gasteiger partial charge on any atom is -0.371 e. The van der Waals surface area contributed by atoms with Crippen molar-refractivity contribution in [3.8, 4) is 0 Å². The van der Waals surface area contributed by atoms with Gasteiger partial charge in [-0.05, 0) is 53.8 Å². The number of rotatable bonds is 5. The van der Waals surface area contributed by atoms with E-state index in [9.17, 15) is 18.0 Å². The Hall–Kier alpha value is -3.12. The highest BCUT2D eigenvalue weighted by Gasteiger charge is 2.33. The number of nitrogens with one attached hydrogen (secondary N) is 1. The standard InChI is InChI=1S/C25H22F3NO2/c26-25(27,28)20-13-10-19(11-14-20)24(30)29-23-21-9-5-4-8-18(21)12-15-22(23)31-16-17-6-2-1-3-7-17/h1-11,13-14,22-23H,12,15-16H2,(H,29,30)/t22-,23+/m0/s1. The molecule has 1 aliphatic rings. The molecule has 0 radical (unpaired) electrons. The molecule has 3 nitrogen and oxygen atoms in total. The summed E-state index contributed by atoms with van der Waals surface area (Å²) in [6.45, 7) is 0.417. The molecule has 31 heavy (non-hydrogen) atoms. The van der Waals surface area contributed by atoms with Crippen molar-refractivity contribution in [1.29, 1.82) is 0 Å². The monoisotopic (exact) mass is 425 g/mol. The van der Waals surface area contributed by atoms with Gasteiger partial charge in [-0.3, -0.25) is 4.79 Å². The van der Waals surface area contributed by atoms with Gasteiger partial charge in [-0.15, -0.1) is 0 Å². The lowest BCUT2D eigenvalue weighted by Gasteiger charge is -2.34. The first-order valence-corrected chi connectivity index (χ1v) is 10.1. The quantitative estimate of drug-likeness (QED) is 0.569. The van der Waals surface area contributed by atoms with Crippen LogP contribution in [0.3, 0.4) is 0 Å². The van der Waals surface area contributed by atoms with Crippen molar-refractivity contribution < 1.29 is 22.7 Å². The molecule has 0 saturated carbocycles. The lowest BCUT2D eigenvalue weighted by molar-refractivity contribution is -0.137. The number of fused-ring (bicyclic) bond motifs is 1. The molecule has 2 atom stereocenters. The SMILES string of the molecule is O=C(N[C@@H]1c2ccccc2CC[C@@H]1OCc1ccccc1)c1ccc(C(F)(F)F)cc1. The van der Waals surface area contributed by atoms with E-state index in [1.165, 1.54) is 12.1 Å². The van der Waals surface area contributed by atoms with E-state index in [-0.39, 0.29) is 17.7 Å². The van der Waals surface area contributed by atoms with Gasteiger partial charge < -0.3 is 10.1 Å². The van der Waals surface area contributed by atoms with Crippen molar-refractivity contribution in [2.75, 3.05) is 0 Å². The van der Waals surface area contributed by atoms with Gasteiger partial charge in [0.25, 0.3) is 5.91 Å². The molecule has 160 valence electrons. The molecule has 1 aliphatic carbocycles. The Morgan fingerprint density at radius 1 is 0.935 bits per heavy atom. The molecule has 0 saturated heterocycles. The predicted molar refractivity (Wildman–Crippen MR) is 111 cm³/mol. The summed E-state index contributed by atoms with van der Waals surface area (Å²) >= 11 is 0. The van der Waals surface area contributed by atoms with E-state index in [0.29, 0.717) is 6.61 Å². The molecule has 1 amide bonds. The van der Waals surface area contributed by atoms with Crippen molar-refractivity contribution in [3.63, 3.8) is 0 Å². The molecule has 0 aromatic heterocycles. The third-order valence-corrected chi connectivity index (χ3v) is 5.53. The fourth-order valence-corrected chi connectivity index (χ4v) is 3.89. The molecule has 0 fully saturated rings. The highest BCUT2D eigenvalue weighted by Crippen LogP contribution is 2.33. The van der Waals surface area contributed by atoms with Gasteiger partial charge in [-0.2, -0.15) is 13.2 Å². The summed E-state index contributed by atoms with van der Waals surface area (Å²) in [5.74, 6) is -0.427. The number of hydrogen-bond acceptors (Lipinski definition) is 2. The maximum Gasteiger partial charge on any atom is 0.416 e. The Morgan fingerprint density at radius 2 is 1.61 bits per heavy atom. The van der Waals surface area contributed by atoms with E-state index < -0.39 is 17.6 Å². The van der Waals surface area contributed by atoms with Crippen molar-refractivity contribution in [1.82, 2.24) is 5.32 Å². The molecule has 0 aliphatic heterocycles. The Balaban J connectivity index is 1.53. The molecular weight excluding hydrogens is 403 g/mol. The molecule has 4 rings (SSSR count). The van der Waals surface area contributed by atoms with Crippen LogP contribution in [0, 0.1) is 0 Å². The fourth-order valence-electron chi connectivity index (χ4n) is 3.89. The van der Waals surface area contributed by atoms with Gasteiger partial charge in [-0.25, -0.2) is 0 Å². The van der Waals surface area contributed by atoms with E-state index >= 15 is 0 Å². The summed E-state index contributed by atoms with van der Waals surface area (Å²) in [6, 6.07) is 21.5. The van der Waals surface area contributed by atoms with Gasteiger partial charge in [0.15, 0.2) is 0 Å². The Labute approximate surface area is 178 Å². The Bertz CT molecular complexity index is 1030. The van der Waals surface area contributed by atoms with E-state index in [2.05, 4.69) is 5.32 Å². The van der Waals surface area contributed by atoms with Crippen LogP contribution in [0.2, 0.25) is 0 Å². The van der Waals surface area contributed by atoms with Crippen LogP contribution in [0.1, 0.15) is 45.1 Å². The molecule has 3 aromatic carbocycles. The Morgan fingerprint density at radius 3 is 2.32 bits per heavy atom. The summed E-state index contributed by atoms with van der Waals surface area (Å²) in [6.07, 6.45) is -3.11. The minimum atomic E-state index is -4.44. The number of carbonyl (C=O) groups is 1. The number of carbonyl (C=O) groups excluding carboxylic acids is 1. The molecule has 0 spiro atoms. The van der Waals surface area contributed by atoms with Crippen molar-refractivity contribution >= 4 is 5.91 Å². The van der Waals surface area contributed by atoms with Gasteiger partial charge >= 0.3 is 6.18 Å². The molecule has 0 unspecified atom stereocenters. The zero-order valence-corrected chi connectivity index (χ0v) is 16.7. The summed E-state index contributed by atoms with van der Waals surface area (Å²) in [4.78, 5) is 12.9. The largest absolute Gasteiger partial charge is 0.416 e. The smallest absolute Gasteiger partial charge is 0.371 e. The zero-order chi connectivity index (χ0) is 21.8. The molecular formula is C25H22F3NO2. The third-order valence-electron chi connectivity index (χ3n) is 5.53. The number of alkyl halides is 3. The van der Waals surface area contributed by atoms with Gasteiger partial charge in [0.1, 0.15) is 0 Å². The van der Waals surface area contributed by atoms with Crippen LogP contribution >= 0.6 is 0 Å². The molecule has 0 heterocycles. The summed E-state index contributed by atoms with van der Waals surface area (Å²) in [5, 5.41) is 2.99. The van der Waals surface area contributed by atoms with E-state index in [1.54, 1.807) is 0 Å². The maximum atomic E-state index is 12.9. The van der Waals surface area contributed by atoms with E-state index in [0.717, 1.165) is 41.7 Å². The molecule has 1 N–H and O–H groups in total. The van der Waals surface area contributed by atoms with Gasteiger partial charge in [-0.1, -0.05) is 54.6 Å². The summed E-state index contributed by atoms with van der Waals surface area (Å²) in [5.41, 5.74) is 2.55. The lowest BCUT2D eigenvalue weighted by atomic mass is 9.85. The van der Waals surface area contributed by atoms with E-state index in [1.807, 2.05) is 54.6 Å². The summed E-state index contributed by atoms with van der Waals surface area (Å²) in [7, 11) is 0. The Kier molecular flexibility index (Phi) is 6.09. The van der Waals surface area contributed by atoms with Crippen LogP contribution in [0.25, 0.3) is 0 Å². The first kappa shape index (κ1) is 21.1. The van der Waals surface area contributed by atoms with Crippen LogP contribution in [-0.4, -0.2) is 12.0 Å². The van der Waals surface area contributed by atoms with Crippen LogP contribution in [0.4, 0.5) is 13.2 Å². The first-order chi connectivity index (χ1) is 14.9. The zero-order valence-electron chi connectivity index (χ0n) is 16.7. The molecule has 3 aromatic rings. The first-order valence-electron chi connectivity index (χ1n) is 10.1. The van der Waals surface area contributed by atoms with Crippen molar-refractivity contribution in [3.05, 3.63) is 107 Å². The van der Waals surface area contributed by atoms with E-state index in [4.69, 9.17) is 4.74 Å². The highest BCUT2D eigenvalue weighted by molar-refractivity contribution is 5.94. The fraction of sp³-hybridized carbons (Fsp3) is 0.240. The number of amides is 1. The number of aryl methyl sites for hydroxylation is 1. The van der Waals surface area contributed by atoms with Crippen LogP contribution in [0.5, 0.6) is 0 Å². The van der Waals surface area contributed by atoms with Gasteiger partial charge in [0.2, 0.25) is 0 Å². The topological polar surface area (TPSA) is 38.3 Å². The van der Waals surface area contributed by atoms with Crippen LogP contribution in [0.15, 0.2) is 78.9 Å². The van der Waals surface area contributed by atoms with Crippen LogP contribution < -0.4 is 5.32 Å².